The monoisotopic (exact) mass is 300 g/mol. The number of hydrogen-bond donors (Lipinski definition) is 5. The molecule has 0 radical (unpaired) electrons. The molecule has 1 rings (SSSR count). The van der Waals surface area contributed by atoms with E-state index in [1.807, 2.05) is 13.8 Å². The molecule has 0 spiro atoms. The van der Waals surface area contributed by atoms with E-state index in [4.69, 9.17) is 5.11 Å². The third-order valence-electron chi connectivity index (χ3n) is 3.28. The normalized spacial score (nSPS) is 19.8. The second-order valence-electron chi connectivity index (χ2n) is 5.63. The number of hydrogen-bond acceptors (Lipinski definition) is 4. The van der Waals surface area contributed by atoms with E-state index in [0.717, 1.165) is 12.8 Å². The van der Waals surface area contributed by atoms with Gasteiger partial charge in [0.25, 0.3) is 5.91 Å². The molecule has 0 saturated carbocycles. The second kappa shape index (κ2) is 8.46. The number of rotatable bonds is 7. The van der Waals surface area contributed by atoms with Gasteiger partial charge in [-0.05, 0) is 25.2 Å². The summed E-state index contributed by atoms with van der Waals surface area (Å²) in [7, 11) is 0. The smallest absolute Gasteiger partial charge is 0.405 e. The van der Waals surface area contributed by atoms with Gasteiger partial charge >= 0.3 is 6.09 Å². The van der Waals surface area contributed by atoms with Crippen LogP contribution in [0.25, 0.3) is 0 Å². The lowest BCUT2D eigenvalue weighted by molar-refractivity contribution is -0.128. The first kappa shape index (κ1) is 17.2. The zero-order valence-electron chi connectivity index (χ0n) is 12.4. The van der Waals surface area contributed by atoms with E-state index in [9.17, 15) is 14.4 Å². The van der Waals surface area contributed by atoms with Crippen molar-refractivity contribution in [2.75, 3.05) is 13.1 Å². The number of carbonyl (C=O) groups excluding carboxylic acids is 2. The fraction of sp³-hybridized carbons (Fsp3) is 0.769. The Bertz CT molecular complexity index is 386. The first-order valence-corrected chi connectivity index (χ1v) is 7.20. The largest absolute Gasteiger partial charge is 0.465 e. The molecule has 0 aromatic carbocycles. The Morgan fingerprint density at radius 2 is 2.14 bits per heavy atom. The quantitative estimate of drug-likeness (QED) is 0.418. The van der Waals surface area contributed by atoms with Crippen molar-refractivity contribution in [2.45, 2.75) is 39.2 Å². The molecule has 0 aliphatic carbocycles. The molecule has 2 unspecified atom stereocenters. The van der Waals surface area contributed by atoms with Crippen LogP contribution >= 0.6 is 0 Å². The number of carboxylic acid groups (broad SMARTS) is 1. The van der Waals surface area contributed by atoms with Crippen LogP contribution < -0.4 is 21.5 Å². The fourth-order valence-corrected chi connectivity index (χ4v) is 2.23. The standard InChI is InChI=1S/C13H24N4O4/c1-8(2)6-10(16-13(20)21)12(19)17-15-7-9-4-3-5-14-11(9)18/h8-10,15-16H,3-7H2,1-2H3,(H,14,18)(H,17,19)(H,20,21). The van der Waals surface area contributed by atoms with E-state index < -0.39 is 18.0 Å². The summed E-state index contributed by atoms with van der Waals surface area (Å²) in [6, 6.07) is -0.810. The molecule has 1 fully saturated rings. The number of carbonyl (C=O) groups is 3. The summed E-state index contributed by atoms with van der Waals surface area (Å²) < 4.78 is 0. The Hall–Kier alpha value is -1.83. The first-order chi connectivity index (χ1) is 9.90. The zero-order chi connectivity index (χ0) is 15.8. The lowest BCUT2D eigenvalue weighted by Gasteiger charge is -2.23. The highest BCUT2D eigenvalue weighted by atomic mass is 16.4. The van der Waals surface area contributed by atoms with Crippen molar-refractivity contribution in [3.63, 3.8) is 0 Å². The van der Waals surface area contributed by atoms with Crippen molar-refractivity contribution in [1.82, 2.24) is 21.5 Å². The fourth-order valence-electron chi connectivity index (χ4n) is 2.23. The van der Waals surface area contributed by atoms with Crippen LogP contribution in [0.5, 0.6) is 0 Å². The van der Waals surface area contributed by atoms with Gasteiger partial charge in [-0.25, -0.2) is 10.2 Å². The zero-order valence-corrected chi connectivity index (χ0v) is 12.4. The Labute approximate surface area is 124 Å². The summed E-state index contributed by atoms with van der Waals surface area (Å²) in [5.74, 6) is -0.459. The maximum absolute atomic E-state index is 11.9. The summed E-state index contributed by atoms with van der Waals surface area (Å²) in [5.41, 5.74) is 5.19. The summed E-state index contributed by atoms with van der Waals surface area (Å²) in [6.45, 7) is 4.84. The molecule has 5 N–H and O–H groups in total. The van der Waals surface area contributed by atoms with Gasteiger partial charge in [0.2, 0.25) is 5.91 Å². The molecule has 8 nitrogen and oxygen atoms in total. The SMILES string of the molecule is CC(C)CC(NC(=O)O)C(=O)NNCC1CCCNC1=O. The van der Waals surface area contributed by atoms with Crippen LogP contribution in [-0.4, -0.2) is 42.1 Å². The predicted octanol–water partition coefficient (Wildman–Crippen LogP) is -0.184. The summed E-state index contributed by atoms with van der Waals surface area (Å²) in [5, 5.41) is 13.7. The van der Waals surface area contributed by atoms with Gasteiger partial charge in [0, 0.05) is 13.1 Å². The van der Waals surface area contributed by atoms with Crippen LogP contribution in [-0.2, 0) is 9.59 Å². The van der Waals surface area contributed by atoms with E-state index in [1.165, 1.54) is 0 Å². The molecule has 2 atom stereocenters. The Kier molecular flexibility index (Phi) is 6.93. The van der Waals surface area contributed by atoms with E-state index in [0.29, 0.717) is 19.5 Å². The average Bonchev–Trinajstić information content (AvgIpc) is 2.39. The molecule has 0 aromatic heterocycles. The van der Waals surface area contributed by atoms with Crippen LogP contribution in [0.15, 0.2) is 0 Å². The molecule has 1 saturated heterocycles. The highest BCUT2D eigenvalue weighted by Gasteiger charge is 2.24. The molecule has 1 heterocycles. The second-order valence-corrected chi connectivity index (χ2v) is 5.63. The number of amides is 3. The van der Waals surface area contributed by atoms with Crippen molar-refractivity contribution >= 4 is 17.9 Å². The van der Waals surface area contributed by atoms with Crippen molar-refractivity contribution in [3.8, 4) is 0 Å². The Morgan fingerprint density at radius 1 is 1.43 bits per heavy atom. The Balaban J connectivity index is 2.38. The maximum Gasteiger partial charge on any atom is 0.405 e. The number of nitrogens with one attached hydrogen (secondary N) is 4. The molecule has 3 amide bonds. The van der Waals surface area contributed by atoms with Gasteiger partial charge in [0.15, 0.2) is 0 Å². The molecule has 21 heavy (non-hydrogen) atoms. The molecular weight excluding hydrogens is 276 g/mol. The third kappa shape index (κ3) is 6.44. The summed E-state index contributed by atoms with van der Waals surface area (Å²) in [4.78, 5) is 34.2. The van der Waals surface area contributed by atoms with E-state index in [-0.39, 0.29) is 17.7 Å². The van der Waals surface area contributed by atoms with Gasteiger partial charge in [-0.15, -0.1) is 0 Å². The van der Waals surface area contributed by atoms with Crippen LogP contribution in [0.2, 0.25) is 0 Å². The first-order valence-electron chi connectivity index (χ1n) is 7.20. The topological polar surface area (TPSA) is 120 Å². The van der Waals surface area contributed by atoms with Crippen molar-refractivity contribution in [3.05, 3.63) is 0 Å². The minimum atomic E-state index is -1.23. The highest BCUT2D eigenvalue weighted by Crippen LogP contribution is 2.09. The van der Waals surface area contributed by atoms with Crippen LogP contribution in [0.4, 0.5) is 4.79 Å². The van der Waals surface area contributed by atoms with E-state index in [1.54, 1.807) is 0 Å². The summed E-state index contributed by atoms with van der Waals surface area (Å²) >= 11 is 0. The highest BCUT2D eigenvalue weighted by molar-refractivity contribution is 5.85. The van der Waals surface area contributed by atoms with E-state index in [2.05, 4.69) is 21.5 Å². The average molecular weight is 300 g/mol. The van der Waals surface area contributed by atoms with Crippen molar-refractivity contribution in [2.24, 2.45) is 11.8 Å². The molecule has 0 aromatic rings. The third-order valence-corrected chi connectivity index (χ3v) is 3.28. The molecule has 120 valence electrons. The van der Waals surface area contributed by atoms with Crippen LogP contribution in [0, 0.1) is 11.8 Å². The minimum Gasteiger partial charge on any atom is -0.465 e. The minimum absolute atomic E-state index is 0.0228. The molecule has 1 aliphatic rings. The van der Waals surface area contributed by atoms with Gasteiger partial charge in [-0.2, -0.15) is 0 Å². The van der Waals surface area contributed by atoms with Gasteiger partial charge in [-0.3, -0.25) is 15.0 Å². The maximum atomic E-state index is 11.9. The van der Waals surface area contributed by atoms with E-state index >= 15 is 0 Å². The molecule has 1 aliphatic heterocycles. The summed E-state index contributed by atoms with van der Waals surface area (Å²) in [6.07, 6.45) is 0.867. The molecular formula is C13H24N4O4. The lowest BCUT2D eigenvalue weighted by Crippen LogP contribution is -2.53. The van der Waals surface area contributed by atoms with Crippen molar-refractivity contribution < 1.29 is 19.5 Å². The lowest BCUT2D eigenvalue weighted by atomic mass is 9.99. The van der Waals surface area contributed by atoms with Crippen LogP contribution in [0.3, 0.4) is 0 Å². The number of piperidine rings is 1. The number of hydrazine groups is 1. The van der Waals surface area contributed by atoms with Gasteiger partial charge in [-0.1, -0.05) is 13.8 Å². The van der Waals surface area contributed by atoms with Gasteiger partial charge in [0.1, 0.15) is 6.04 Å². The Morgan fingerprint density at radius 3 is 2.71 bits per heavy atom. The molecule has 8 heteroatoms. The van der Waals surface area contributed by atoms with Crippen molar-refractivity contribution in [1.29, 1.82) is 0 Å². The van der Waals surface area contributed by atoms with Crippen LogP contribution in [0.1, 0.15) is 33.1 Å². The van der Waals surface area contributed by atoms with Gasteiger partial charge in [0.05, 0.1) is 5.92 Å². The predicted molar refractivity (Wildman–Crippen MR) is 76.3 cm³/mol. The van der Waals surface area contributed by atoms with Gasteiger partial charge < -0.3 is 15.7 Å². The molecule has 0 bridgehead atoms.